The van der Waals surface area contributed by atoms with E-state index in [1.54, 1.807) is 30.3 Å². The van der Waals surface area contributed by atoms with E-state index >= 15 is 0 Å². The molecule has 0 spiro atoms. The number of carbonyl (C=O) groups is 1. The molecule has 0 saturated carbocycles. The molecular formula is C22H24Cl3FN2O3S2. The summed E-state index contributed by atoms with van der Waals surface area (Å²) < 4.78 is 41.0. The molecular weight excluding hydrogens is 530 g/mol. The molecule has 1 heterocycles. The van der Waals surface area contributed by atoms with Crippen LogP contribution in [0.4, 0.5) is 4.39 Å². The molecule has 5 nitrogen and oxygen atoms in total. The van der Waals surface area contributed by atoms with E-state index in [-0.39, 0.29) is 24.0 Å². The molecule has 1 amide bonds. The molecule has 1 unspecified atom stereocenters. The summed E-state index contributed by atoms with van der Waals surface area (Å²) in [4.78, 5) is 12.6. The van der Waals surface area contributed by atoms with Crippen LogP contribution in [-0.2, 0) is 26.3 Å². The Labute approximate surface area is 213 Å². The van der Waals surface area contributed by atoms with Gasteiger partial charge in [0, 0.05) is 57.3 Å². The standard InChI is InChI=1S/C22H24Cl3FN2O3S2/c23-18-7-2-8-21(26)16(18)13-32-11-9-27-22(29)15-4-3-10-28(12-15)33(30,31)14-17-19(24)5-1-6-20(17)25/h1-2,5-8,15H,3-4,9-14H2,(H,27,29). The summed E-state index contributed by atoms with van der Waals surface area (Å²) in [6.45, 7) is 0.871. The number of thioether (sulfide) groups is 1. The highest BCUT2D eigenvalue weighted by molar-refractivity contribution is 7.98. The fraction of sp³-hybridized carbons (Fsp3) is 0.409. The van der Waals surface area contributed by atoms with E-state index in [0.29, 0.717) is 63.6 Å². The topological polar surface area (TPSA) is 66.5 Å². The van der Waals surface area contributed by atoms with Crippen LogP contribution in [0.15, 0.2) is 36.4 Å². The first-order valence-corrected chi connectivity index (χ1v) is 14.3. The number of hydrogen-bond acceptors (Lipinski definition) is 4. The number of hydrogen-bond donors (Lipinski definition) is 1. The molecule has 1 saturated heterocycles. The van der Waals surface area contributed by atoms with Crippen molar-refractivity contribution in [3.8, 4) is 0 Å². The van der Waals surface area contributed by atoms with E-state index in [4.69, 9.17) is 34.8 Å². The van der Waals surface area contributed by atoms with Crippen molar-refractivity contribution < 1.29 is 17.6 Å². The van der Waals surface area contributed by atoms with Gasteiger partial charge in [-0.15, -0.1) is 0 Å². The highest BCUT2D eigenvalue weighted by Crippen LogP contribution is 2.29. The van der Waals surface area contributed by atoms with Gasteiger partial charge < -0.3 is 5.32 Å². The number of rotatable bonds is 9. The van der Waals surface area contributed by atoms with Crippen LogP contribution in [0.2, 0.25) is 15.1 Å². The van der Waals surface area contributed by atoms with Crippen molar-refractivity contribution in [1.82, 2.24) is 9.62 Å². The Kier molecular flexibility index (Phi) is 9.73. The molecule has 1 atom stereocenters. The summed E-state index contributed by atoms with van der Waals surface area (Å²) in [5.74, 6) is -0.288. The number of carbonyl (C=O) groups excluding carboxylic acids is 1. The summed E-state index contributed by atoms with van der Waals surface area (Å²) in [5.41, 5.74) is 0.807. The Morgan fingerprint density at radius 3 is 2.39 bits per heavy atom. The first-order valence-electron chi connectivity index (χ1n) is 10.4. The number of halogens is 4. The minimum Gasteiger partial charge on any atom is -0.355 e. The fourth-order valence-corrected chi connectivity index (χ4v) is 7.15. The van der Waals surface area contributed by atoms with Gasteiger partial charge in [-0.25, -0.2) is 17.1 Å². The zero-order valence-corrected chi connectivity index (χ0v) is 21.6. The second-order valence-electron chi connectivity index (χ2n) is 7.70. The van der Waals surface area contributed by atoms with Crippen LogP contribution in [0.3, 0.4) is 0 Å². The highest BCUT2D eigenvalue weighted by atomic mass is 35.5. The smallest absolute Gasteiger partial charge is 0.224 e. The molecule has 0 radical (unpaired) electrons. The van der Waals surface area contributed by atoms with E-state index < -0.39 is 15.9 Å². The Morgan fingerprint density at radius 2 is 1.73 bits per heavy atom. The number of sulfonamides is 1. The molecule has 0 aromatic heterocycles. The van der Waals surface area contributed by atoms with E-state index in [9.17, 15) is 17.6 Å². The van der Waals surface area contributed by atoms with Gasteiger partial charge in [0.2, 0.25) is 15.9 Å². The van der Waals surface area contributed by atoms with Crippen molar-refractivity contribution in [2.45, 2.75) is 24.3 Å². The van der Waals surface area contributed by atoms with Crippen LogP contribution in [-0.4, -0.2) is 44.0 Å². The van der Waals surface area contributed by atoms with Crippen LogP contribution in [0.1, 0.15) is 24.0 Å². The summed E-state index contributed by atoms with van der Waals surface area (Å²) >= 11 is 19.7. The fourth-order valence-electron chi connectivity index (χ4n) is 3.59. The molecule has 1 fully saturated rings. The zero-order chi connectivity index (χ0) is 24.0. The molecule has 1 N–H and O–H groups in total. The first-order chi connectivity index (χ1) is 15.7. The van der Waals surface area contributed by atoms with E-state index in [1.807, 2.05) is 0 Å². The number of nitrogens with zero attached hydrogens (tertiary/aromatic N) is 1. The monoisotopic (exact) mass is 552 g/mol. The van der Waals surface area contributed by atoms with Gasteiger partial charge in [0.25, 0.3) is 0 Å². The van der Waals surface area contributed by atoms with Crippen molar-refractivity contribution in [3.63, 3.8) is 0 Å². The lowest BCUT2D eigenvalue weighted by atomic mass is 9.99. The van der Waals surface area contributed by atoms with Crippen LogP contribution in [0, 0.1) is 11.7 Å². The Hall–Kier alpha value is -1.03. The van der Waals surface area contributed by atoms with E-state index in [1.165, 1.54) is 22.1 Å². The van der Waals surface area contributed by atoms with Gasteiger partial charge >= 0.3 is 0 Å². The molecule has 1 aliphatic heterocycles. The molecule has 33 heavy (non-hydrogen) atoms. The molecule has 1 aliphatic rings. The van der Waals surface area contributed by atoms with E-state index in [2.05, 4.69) is 5.32 Å². The normalized spacial score (nSPS) is 17.2. The zero-order valence-electron chi connectivity index (χ0n) is 17.7. The number of nitrogens with one attached hydrogen (secondary N) is 1. The summed E-state index contributed by atoms with van der Waals surface area (Å²) in [6, 6.07) is 9.43. The second kappa shape index (κ2) is 12.1. The second-order valence-corrected chi connectivity index (χ2v) is 12.0. The lowest BCUT2D eigenvalue weighted by Gasteiger charge is -2.31. The summed E-state index contributed by atoms with van der Waals surface area (Å²) in [6.07, 6.45) is 1.21. The quantitative estimate of drug-likeness (QED) is 0.424. The van der Waals surface area contributed by atoms with Crippen LogP contribution >= 0.6 is 46.6 Å². The third-order valence-electron chi connectivity index (χ3n) is 5.39. The third-order valence-corrected chi connectivity index (χ3v) is 9.21. The predicted molar refractivity (Wildman–Crippen MR) is 134 cm³/mol. The van der Waals surface area contributed by atoms with Crippen LogP contribution < -0.4 is 5.32 Å². The van der Waals surface area contributed by atoms with Crippen molar-refractivity contribution in [2.24, 2.45) is 5.92 Å². The third kappa shape index (κ3) is 7.23. The van der Waals surface area contributed by atoms with Crippen molar-refractivity contribution in [3.05, 3.63) is 68.4 Å². The van der Waals surface area contributed by atoms with Gasteiger partial charge in [-0.2, -0.15) is 11.8 Å². The maximum Gasteiger partial charge on any atom is 0.224 e. The SMILES string of the molecule is O=C(NCCSCc1c(F)cccc1Cl)C1CCCN(S(=O)(=O)Cc2c(Cl)cccc2Cl)C1. The molecule has 2 aromatic rings. The predicted octanol–water partition coefficient (Wildman–Crippen LogP) is 5.38. The average Bonchev–Trinajstić information content (AvgIpc) is 2.78. The van der Waals surface area contributed by atoms with E-state index in [0.717, 1.165) is 0 Å². The Bertz CT molecular complexity index is 1060. The molecule has 180 valence electrons. The highest BCUT2D eigenvalue weighted by Gasteiger charge is 2.33. The molecule has 3 rings (SSSR count). The summed E-state index contributed by atoms with van der Waals surface area (Å²) in [7, 11) is -3.68. The molecule has 2 aromatic carbocycles. The Morgan fingerprint density at radius 1 is 1.09 bits per heavy atom. The number of piperidine rings is 1. The van der Waals surface area contributed by atoms with Gasteiger partial charge in [-0.1, -0.05) is 46.9 Å². The van der Waals surface area contributed by atoms with Crippen molar-refractivity contribution in [1.29, 1.82) is 0 Å². The summed E-state index contributed by atoms with van der Waals surface area (Å²) in [5, 5.41) is 3.84. The van der Waals surface area contributed by atoms with Gasteiger partial charge in [0.1, 0.15) is 5.82 Å². The lowest BCUT2D eigenvalue weighted by molar-refractivity contribution is -0.125. The molecule has 11 heteroatoms. The molecule has 0 bridgehead atoms. The largest absolute Gasteiger partial charge is 0.355 e. The van der Waals surface area contributed by atoms with Gasteiger partial charge in [-0.3, -0.25) is 4.79 Å². The minimum absolute atomic E-state index is 0.119. The van der Waals surface area contributed by atoms with Gasteiger partial charge in [0.05, 0.1) is 11.7 Å². The molecule has 0 aliphatic carbocycles. The maximum atomic E-state index is 13.8. The minimum atomic E-state index is -3.68. The van der Waals surface area contributed by atoms with Crippen molar-refractivity contribution in [2.75, 3.05) is 25.4 Å². The number of benzene rings is 2. The lowest BCUT2D eigenvalue weighted by Crippen LogP contribution is -2.46. The van der Waals surface area contributed by atoms with Gasteiger partial charge in [0.15, 0.2) is 0 Å². The number of amides is 1. The first kappa shape index (κ1) is 26.6. The van der Waals surface area contributed by atoms with Crippen molar-refractivity contribution >= 4 is 62.5 Å². The van der Waals surface area contributed by atoms with Crippen LogP contribution in [0.5, 0.6) is 0 Å². The average molecular weight is 554 g/mol. The Balaban J connectivity index is 1.49. The van der Waals surface area contributed by atoms with Gasteiger partial charge in [-0.05, 0) is 37.1 Å². The van der Waals surface area contributed by atoms with Crippen LogP contribution in [0.25, 0.3) is 0 Å². The maximum absolute atomic E-state index is 13.8.